The van der Waals surface area contributed by atoms with E-state index in [1.165, 1.54) is 0 Å². The highest BCUT2D eigenvalue weighted by Gasteiger charge is 2.35. The Kier molecular flexibility index (Phi) is 4.89. The molecule has 4 heteroatoms. The molecule has 0 saturated carbocycles. The number of carbonyl (C=O) groups is 1. The van der Waals surface area contributed by atoms with Crippen molar-refractivity contribution in [2.45, 2.75) is 13.3 Å². The first-order valence-corrected chi connectivity index (χ1v) is 8.21. The van der Waals surface area contributed by atoms with Crippen molar-refractivity contribution in [2.75, 3.05) is 6.61 Å². The summed E-state index contributed by atoms with van der Waals surface area (Å²) in [6.07, 6.45) is 0.707. The second kappa shape index (κ2) is 6.65. The summed E-state index contributed by atoms with van der Waals surface area (Å²) < 4.78 is 18.6. The molecule has 3 nitrogen and oxygen atoms in total. The third-order valence-corrected chi connectivity index (χ3v) is 5.18. The van der Waals surface area contributed by atoms with E-state index in [9.17, 15) is 9.36 Å². The Labute approximate surface area is 119 Å². The van der Waals surface area contributed by atoms with Gasteiger partial charge in [-0.1, -0.05) is 55.5 Å². The molecule has 0 aliphatic heterocycles. The van der Waals surface area contributed by atoms with Gasteiger partial charge in [0.05, 0.1) is 6.61 Å². The lowest BCUT2D eigenvalue weighted by Crippen LogP contribution is -2.16. The zero-order valence-electron chi connectivity index (χ0n) is 11.4. The molecular formula is C16H17O3P. The molecule has 1 atom stereocenters. The van der Waals surface area contributed by atoms with Crippen molar-refractivity contribution < 1.29 is 13.9 Å². The smallest absolute Gasteiger partial charge is 0.300 e. The number of carbonyl (C=O) groups excluding carboxylic acids is 1. The van der Waals surface area contributed by atoms with Crippen LogP contribution >= 0.6 is 7.37 Å². The van der Waals surface area contributed by atoms with Crippen LogP contribution in [0.5, 0.6) is 0 Å². The third kappa shape index (κ3) is 3.06. The van der Waals surface area contributed by atoms with Crippen molar-refractivity contribution >= 4 is 18.2 Å². The molecule has 2 rings (SSSR count). The maximum atomic E-state index is 13.1. The van der Waals surface area contributed by atoms with Crippen molar-refractivity contribution in [1.29, 1.82) is 0 Å². The molecule has 0 spiro atoms. The number of hydrogen-bond acceptors (Lipinski definition) is 3. The Morgan fingerprint density at radius 2 is 1.55 bits per heavy atom. The molecule has 0 saturated heterocycles. The van der Waals surface area contributed by atoms with Crippen LogP contribution in [0.1, 0.15) is 23.7 Å². The fourth-order valence-electron chi connectivity index (χ4n) is 1.85. The van der Waals surface area contributed by atoms with Crippen LogP contribution in [0.2, 0.25) is 0 Å². The second-order valence-electron chi connectivity index (χ2n) is 4.39. The number of hydrogen-bond donors (Lipinski definition) is 0. The quantitative estimate of drug-likeness (QED) is 0.758. The van der Waals surface area contributed by atoms with E-state index in [2.05, 4.69) is 0 Å². The summed E-state index contributed by atoms with van der Waals surface area (Å²) in [4.78, 5) is 12.6. The van der Waals surface area contributed by atoms with Gasteiger partial charge >= 0.3 is 7.37 Å². The van der Waals surface area contributed by atoms with Crippen LogP contribution in [-0.2, 0) is 9.09 Å². The van der Waals surface area contributed by atoms with Gasteiger partial charge in [-0.3, -0.25) is 9.36 Å². The van der Waals surface area contributed by atoms with E-state index in [4.69, 9.17) is 4.52 Å². The van der Waals surface area contributed by atoms with E-state index in [1.54, 1.807) is 48.5 Å². The van der Waals surface area contributed by atoms with Gasteiger partial charge in [0.1, 0.15) is 0 Å². The Morgan fingerprint density at radius 1 is 1.00 bits per heavy atom. The van der Waals surface area contributed by atoms with Gasteiger partial charge in [0.25, 0.3) is 5.52 Å². The maximum absolute atomic E-state index is 13.1. The van der Waals surface area contributed by atoms with Crippen molar-refractivity contribution in [3.8, 4) is 0 Å². The average Bonchev–Trinajstić information content (AvgIpc) is 2.53. The SMILES string of the molecule is CCCOP(=O)(C(=O)c1ccccc1)c1ccccc1. The lowest BCUT2D eigenvalue weighted by Gasteiger charge is -2.17. The summed E-state index contributed by atoms with van der Waals surface area (Å²) in [7, 11) is -3.54. The molecule has 0 bridgehead atoms. The van der Waals surface area contributed by atoms with Crippen LogP contribution in [0.3, 0.4) is 0 Å². The normalized spacial score (nSPS) is 13.7. The van der Waals surface area contributed by atoms with E-state index >= 15 is 0 Å². The molecule has 0 aromatic heterocycles. The molecule has 20 heavy (non-hydrogen) atoms. The fourth-order valence-corrected chi connectivity index (χ4v) is 3.84. The lowest BCUT2D eigenvalue weighted by atomic mass is 10.2. The Bertz CT molecular complexity index is 608. The highest BCUT2D eigenvalue weighted by Crippen LogP contribution is 2.48. The predicted octanol–water partition coefficient (Wildman–Crippen LogP) is 3.86. The number of rotatable bonds is 6. The molecule has 0 aliphatic carbocycles. The van der Waals surface area contributed by atoms with Crippen molar-refractivity contribution in [3.63, 3.8) is 0 Å². The first-order chi connectivity index (χ1) is 9.68. The van der Waals surface area contributed by atoms with Crippen LogP contribution in [0, 0.1) is 0 Å². The molecule has 0 aliphatic rings. The summed E-state index contributed by atoms with van der Waals surface area (Å²) in [5, 5.41) is 0.447. The van der Waals surface area contributed by atoms with E-state index in [0.29, 0.717) is 23.9 Å². The predicted molar refractivity (Wildman–Crippen MR) is 80.7 cm³/mol. The molecule has 0 radical (unpaired) electrons. The van der Waals surface area contributed by atoms with Crippen LogP contribution in [0.15, 0.2) is 60.7 Å². The van der Waals surface area contributed by atoms with Gasteiger partial charge in [-0.15, -0.1) is 0 Å². The van der Waals surface area contributed by atoms with Gasteiger partial charge in [-0.05, 0) is 18.6 Å². The van der Waals surface area contributed by atoms with Crippen LogP contribution < -0.4 is 5.30 Å². The van der Waals surface area contributed by atoms with E-state index in [0.717, 1.165) is 0 Å². The van der Waals surface area contributed by atoms with E-state index in [1.807, 2.05) is 19.1 Å². The molecule has 0 N–H and O–H groups in total. The average molecular weight is 288 g/mol. The molecular weight excluding hydrogens is 271 g/mol. The minimum Gasteiger partial charge on any atom is -0.320 e. The fraction of sp³-hybridized carbons (Fsp3) is 0.188. The molecule has 0 fully saturated rings. The molecule has 2 aromatic carbocycles. The summed E-state index contributed by atoms with van der Waals surface area (Å²) in [6.45, 7) is 2.22. The van der Waals surface area contributed by atoms with Crippen LogP contribution in [0.25, 0.3) is 0 Å². The Hall–Kier alpha value is -1.70. The number of benzene rings is 2. The highest BCUT2D eigenvalue weighted by atomic mass is 31.2. The van der Waals surface area contributed by atoms with Gasteiger partial charge in [-0.25, -0.2) is 0 Å². The zero-order valence-corrected chi connectivity index (χ0v) is 12.3. The van der Waals surface area contributed by atoms with Gasteiger partial charge in [0, 0.05) is 10.9 Å². The van der Waals surface area contributed by atoms with Gasteiger partial charge in [0.2, 0.25) is 0 Å². The summed E-state index contributed by atoms with van der Waals surface area (Å²) in [5.74, 6) is 0. The summed E-state index contributed by atoms with van der Waals surface area (Å²) >= 11 is 0. The second-order valence-corrected chi connectivity index (χ2v) is 6.68. The van der Waals surface area contributed by atoms with Crippen molar-refractivity contribution in [3.05, 3.63) is 66.2 Å². The standard InChI is InChI=1S/C16H17O3P/c1-2-13-19-20(18,15-11-7-4-8-12-15)16(17)14-9-5-3-6-10-14/h3-12H,2,13H2,1H3. The van der Waals surface area contributed by atoms with E-state index < -0.39 is 12.9 Å². The van der Waals surface area contributed by atoms with Gasteiger partial charge in [0.15, 0.2) is 0 Å². The Morgan fingerprint density at radius 3 is 2.10 bits per heavy atom. The largest absolute Gasteiger partial charge is 0.320 e. The van der Waals surface area contributed by atoms with Gasteiger partial charge in [-0.2, -0.15) is 0 Å². The van der Waals surface area contributed by atoms with Crippen LogP contribution in [-0.4, -0.2) is 12.1 Å². The van der Waals surface area contributed by atoms with Crippen LogP contribution in [0.4, 0.5) is 0 Å². The molecule has 2 aromatic rings. The minimum atomic E-state index is -3.54. The van der Waals surface area contributed by atoms with Crippen molar-refractivity contribution in [2.24, 2.45) is 0 Å². The zero-order chi connectivity index (χ0) is 14.4. The topological polar surface area (TPSA) is 43.4 Å². The molecule has 1 unspecified atom stereocenters. The monoisotopic (exact) mass is 288 g/mol. The lowest BCUT2D eigenvalue weighted by molar-refractivity contribution is 0.105. The third-order valence-electron chi connectivity index (χ3n) is 2.86. The minimum absolute atomic E-state index is 0.296. The van der Waals surface area contributed by atoms with Gasteiger partial charge < -0.3 is 4.52 Å². The Balaban J connectivity index is 2.43. The van der Waals surface area contributed by atoms with E-state index in [-0.39, 0.29) is 0 Å². The molecule has 0 heterocycles. The van der Waals surface area contributed by atoms with Crippen molar-refractivity contribution in [1.82, 2.24) is 0 Å². The highest BCUT2D eigenvalue weighted by molar-refractivity contribution is 7.83. The summed E-state index contributed by atoms with van der Waals surface area (Å²) in [6, 6.07) is 17.3. The molecule has 104 valence electrons. The first-order valence-electron chi connectivity index (χ1n) is 6.58. The molecule has 0 amide bonds. The maximum Gasteiger partial charge on any atom is 0.300 e. The summed E-state index contributed by atoms with van der Waals surface area (Å²) in [5.41, 5.74) is -0.0338. The first kappa shape index (κ1) is 14.7.